The third-order valence-electron chi connectivity index (χ3n) is 3.57. The molecule has 6 nitrogen and oxygen atoms in total. The van der Waals surface area contributed by atoms with E-state index in [0.717, 1.165) is 0 Å². The fourth-order valence-electron chi connectivity index (χ4n) is 2.47. The molecule has 1 aromatic carbocycles. The van der Waals surface area contributed by atoms with Crippen LogP contribution in [-0.2, 0) is 9.59 Å². The molecule has 2 amide bonds. The van der Waals surface area contributed by atoms with E-state index in [0.29, 0.717) is 24.9 Å². The number of benzene rings is 1. The van der Waals surface area contributed by atoms with Crippen LogP contribution in [0.4, 0.5) is 0 Å². The monoisotopic (exact) mass is 290 g/mol. The molecule has 0 aromatic heterocycles. The molecule has 1 fully saturated rings. The van der Waals surface area contributed by atoms with Gasteiger partial charge in [-0.3, -0.25) is 9.59 Å². The number of carbonyl (C=O) groups excluding carboxylic acids is 2. The number of carbonyl (C=O) groups is 3. The summed E-state index contributed by atoms with van der Waals surface area (Å²) in [5.74, 6) is -1.70. The minimum atomic E-state index is -0.998. The van der Waals surface area contributed by atoms with Crippen LogP contribution < -0.4 is 5.32 Å². The van der Waals surface area contributed by atoms with Gasteiger partial charge < -0.3 is 15.3 Å². The summed E-state index contributed by atoms with van der Waals surface area (Å²) in [6.45, 7) is 1.99. The molecule has 1 aliphatic heterocycles. The molecule has 1 aromatic rings. The molecular weight excluding hydrogens is 272 g/mol. The smallest absolute Gasteiger partial charge is 0.326 e. The summed E-state index contributed by atoms with van der Waals surface area (Å²) in [5, 5.41) is 11.7. The highest BCUT2D eigenvalue weighted by Crippen LogP contribution is 2.18. The molecule has 112 valence electrons. The highest BCUT2D eigenvalue weighted by atomic mass is 16.4. The largest absolute Gasteiger partial charge is 0.480 e. The van der Waals surface area contributed by atoms with Crippen molar-refractivity contribution < 1.29 is 19.5 Å². The van der Waals surface area contributed by atoms with Crippen molar-refractivity contribution in [3.8, 4) is 0 Å². The first-order valence-electron chi connectivity index (χ1n) is 6.90. The predicted octanol–water partition coefficient (Wildman–Crippen LogP) is 0.881. The maximum atomic E-state index is 12.3. The van der Waals surface area contributed by atoms with Gasteiger partial charge in [-0.2, -0.15) is 0 Å². The number of carboxylic acid groups (broad SMARTS) is 1. The van der Waals surface area contributed by atoms with E-state index in [1.165, 1.54) is 4.90 Å². The van der Waals surface area contributed by atoms with E-state index in [4.69, 9.17) is 5.11 Å². The number of amides is 2. The van der Waals surface area contributed by atoms with Crippen molar-refractivity contribution in [2.75, 3.05) is 6.54 Å². The van der Waals surface area contributed by atoms with E-state index in [1.54, 1.807) is 37.3 Å². The predicted molar refractivity (Wildman–Crippen MR) is 75.7 cm³/mol. The Morgan fingerprint density at radius 3 is 2.57 bits per heavy atom. The van der Waals surface area contributed by atoms with Gasteiger partial charge in [-0.05, 0) is 31.9 Å². The molecule has 2 N–H and O–H groups in total. The number of carboxylic acids is 1. The summed E-state index contributed by atoms with van der Waals surface area (Å²) in [5.41, 5.74) is 0.466. The maximum Gasteiger partial charge on any atom is 0.326 e. The number of likely N-dealkylation sites (tertiary alicyclic amines) is 1. The number of nitrogens with one attached hydrogen (secondary N) is 1. The average molecular weight is 290 g/mol. The van der Waals surface area contributed by atoms with Crippen molar-refractivity contribution >= 4 is 17.8 Å². The maximum absolute atomic E-state index is 12.3. The van der Waals surface area contributed by atoms with Crippen LogP contribution in [-0.4, -0.2) is 46.4 Å². The molecule has 21 heavy (non-hydrogen) atoms. The van der Waals surface area contributed by atoms with Gasteiger partial charge in [0.25, 0.3) is 5.91 Å². The van der Waals surface area contributed by atoms with Gasteiger partial charge in [0.2, 0.25) is 5.91 Å². The molecule has 6 heteroatoms. The molecule has 0 radical (unpaired) electrons. The zero-order valence-electron chi connectivity index (χ0n) is 11.8. The van der Waals surface area contributed by atoms with Crippen molar-refractivity contribution in [2.24, 2.45) is 0 Å². The van der Waals surface area contributed by atoms with E-state index in [-0.39, 0.29) is 11.8 Å². The molecule has 2 atom stereocenters. The number of hydrogen-bond acceptors (Lipinski definition) is 3. The van der Waals surface area contributed by atoms with Gasteiger partial charge in [-0.25, -0.2) is 4.79 Å². The summed E-state index contributed by atoms with van der Waals surface area (Å²) in [7, 11) is 0. The number of hydrogen-bond donors (Lipinski definition) is 2. The minimum absolute atomic E-state index is 0.345. The summed E-state index contributed by atoms with van der Waals surface area (Å²) >= 11 is 0. The van der Waals surface area contributed by atoms with Crippen LogP contribution in [0.2, 0.25) is 0 Å². The van der Waals surface area contributed by atoms with Gasteiger partial charge in [0.05, 0.1) is 0 Å². The second-order valence-electron chi connectivity index (χ2n) is 5.09. The van der Waals surface area contributed by atoms with Gasteiger partial charge in [0, 0.05) is 12.1 Å². The molecule has 0 bridgehead atoms. The van der Waals surface area contributed by atoms with E-state index in [9.17, 15) is 14.4 Å². The Morgan fingerprint density at radius 1 is 1.29 bits per heavy atom. The van der Waals surface area contributed by atoms with Gasteiger partial charge in [-0.1, -0.05) is 18.2 Å². The van der Waals surface area contributed by atoms with Crippen molar-refractivity contribution in [2.45, 2.75) is 31.8 Å². The van der Waals surface area contributed by atoms with Crippen LogP contribution in [0.15, 0.2) is 30.3 Å². The van der Waals surface area contributed by atoms with Crippen LogP contribution in [0.25, 0.3) is 0 Å². The molecule has 1 aliphatic rings. The Morgan fingerprint density at radius 2 is 1.95 bits per heavy atom. The van der Waals surface area contributed by atoms with Crippen LogP contribution in [0.1, 0.15) is 30.1 Å². The number of rotatable bonds is 4. The fraction of sp³-hybridized carbons (Fsp3) is 0.400. The first kappa shape index (κ1) is 15.0. The van der Waals surface area contributed by atoms with Gasteiger partial charge in [0.15, 0.2) is 0 Å². The second-order valence-corrected chi connectivity index (χ2v) is 5.09. The minimum Gasteiger partial charge on any atom is -0.480 e. The lowest BCUT2D eigenvalue weighted by atomic mass is 10.2. The molecule has 0 saturated carbocycles. The lowest BCUT2D eigenvalue weighted by Crippen LogP contribution is -2.50. The zero-order valence-corrected chi connectivity index (χ0v) is 11.8. The Hall–Kier alpha value is -2.37. The van der Waals surface area contributed by atoms with Crippen molar-refractivity contribution in [1.82, 2.24) is 10.2 Å². The van der Waals surface area contributed by atoms with Crippen LogP contribution in [0.5, 0.6) is 0 Å². The quantitative estimate of drug-likeness (QED) is 0.862. The van der Waals surface area contributed by atoms with Crippen LogP contribution >= 0.6 is 0 Å². The molecule has 2 rings (SSSR count). The topological polar surface area (TPSA) is 86.7 Å². The van der Waals surface area contributed by atoms with Crippen molar-refractivity contribution in [3.05, 3.63) is 35.9 Å². The molecule has 1 saturated heterocycles. The van der Waals surface area contributed by atoms with Gasteiger partial charge >= 0.3 is 5.97 Å². The highest BCUT2D eigenvalue weighted by Gasteiger charge is 2.36. The fourth-order valence-corrected chi connectivity index (χ4v) is 2.47. The molecular formula is C15H18N2O4. The summed E-state index contributed by atoms with van der Waals surface area (Å²) < 4.78 is 0. The van der Waals surface area contributed by atoms with E-state index < -0.39 is 18.1 Å². The molecule has 0 aliphatic carbocycles. The molecule has 0 unspecified atom stereocenters. The third kappa shape index (κ3) is 3.39. The van der Waals surface area contributed by atoms with Crippen LogP contribution in [0.3, 0.4) is 0 Å². The van der Waals surface area contributed by atoms with Gasteiger partial charge in [0.1, 0.15) is 12.1 Å². The lowest BCUT2D eigenvalue weighted by Gasteiger charge is -2.25. The third-order valence-corrected chi connectivity index (χ3v) is 3.57. The van der Waals surface area contributed by atoms with Crippen LogP contribution in [0, 0.1) is 0 Å². The normalized spacial score (nSPS) is 19.1. The summed E-state index contributed by atoms with van der Waals surface area (Å²) in [6, 6.07) is 7.05. The Bertz CT molecular complexity index is 544. The zero-order chi connectivity index (χ0) is 15.4. The molecule has 0 spiro atoms. The summed E-state index contributed by atoms with van der Waals surface area (Å²) in [6.07, 6.45) is 1.13. The molecule has 1 heterocycles. The first-order chi connectivity index (χ1) is 10.0. The standard InChI is InChI=1S/C15H18N2O4/c1-10(16-13(18)11-6-3-2-4-7-11)14(19)17-9-5-8-12(17)15(20)21/h2-4,6-7,10,12H,5,8-9H2,1H3,(H,16,18)(H,20,21)/t10-,12+/m1/s1. The van der Waals surface area contributed by atoms with E-state index in [1.807, 2.05) is 0 Å². The average Bonchev–Trinajstić information content (AvgIpc) is 2.96. The Kier molecular flexibility index (Phi) is 4.57. The number of aliphatic carboxylic acids is 1. The Labute approximate surface area is 122 Å². The Balaban J connectivity index is 2.00. The van der Waals surface area contributed by atoms with Crippen molar-refractivity contribution in [1.29, 1.82) is 0 Å². The second kappa shape index (κ2) is 6.39. The summed E-state index contributed by atoms with van der Waals surface area (Å²) in [4.78, 5) is 36.7. The number of nitrogens with zero attached hydrogens (tertiary/aromatic N) is 1. The van der Waals surface area contributed by atoms with Crippen molar-refractivity contribution in [3.63, 3.8) is 0 Å². The highest BCUT2D eigenvalue weighted by molar-refractivity contribution is 5.98. The SMILES string of the molecule is C[C@@H](NC(=O)c1ccccc1)C(=O)N1CCC[C@H]1C(=O)O. The van der Waals surface area contributed by atoms with Gasteiger partial charge in [-0.15, -0.1) is 0 Å². The lowest BCUT2D eigenvalue weighted by molar-refractivity contribution is -0.148. The van der Waals surface area contributed by atoms with E-state index >= 15 is 0 Å². The first-order valence-corrected chi connectivity index (χ1v) is 6.90. The van der Waals surface area contributed by atoms with E-state index in [2.05, 4.69) is 5.32 Å².